The van der Waals surface area contributed by atoms with Crippen molar-refractivity contribution in [3.8, 4) is 0 Å². The lowest BCUT2D eigenvalue weighted by Gasteiger charge is -2.12. The fourth-order valence-corrected chi connectivity index (χ4v) is 1.72. The van der Waals surface area contributed by atoms with Gasteiger partial charge in [-0.05, 0) is 17.7 Å². The Morgan fingerprint density at radius 1 is 1.33 bits per heavy atom. The van der Waals surface area contributed by atoms with E-state index in [4.69, 9.17) is 0 Å². The van der Waals surface area contributed by atoms with Crippen LogP contribution in [0.5, 0.6) is 0 Å². The number of nitrogens with zero attached hydrogens (tertiary/aromatic N) is 3. The van der Waals surface area contributed by atoms with E-state index in [0.717, 1.165) is 41.3 Å². The normalized spacial score (nSPS) is 13.1. The summed E-state index contributed by atoms with van der Waals surface area (Å²) in [6, 6.07) is 4.05. The first kappa shape index (κ1) is 15.0. The first-order valence-electron chi connectivity index (χ1n) is 5.79. The highest BCUT2D eigenvalue weighted by Crippen LogP contribution is 2.30. The van der Waals surface area contributed by atoms with Crippen molar-refractivity contribution in [1.82, 2.24) is 9.78 Å². The summed E-state index contributed by atoms with van der Waals surface area (Å²) < 4.78 is 38.4. The van der Waals surface area contributed by atoms with Gasteiger partial charge >= 0.3 is 11.9 Å². The van der Waals surface area contributed by atoms with Crippen LogP contribution in [0.4, 0.5) is 18.9 Å². The van der Waals surface area contributed by atoms with Crippen LogP contribution in [0.15, 0.2) is 36.7 Å². The van der Waals surface area contributed by atoms with Gasteiger partial charge in [0.05, 0.1) is 23.1 Å². The standard InChI is InChI=1S/C12H10F3N3O3/c13-12(14,15)9-3-1-8(2-4-9)11(19)7-17-6-10(5-16-17)18(20)21/h1-6,11,19H,7H2. The molecule has 0 aliphatic rings. The van der Waals surface area contributed by atoms with E-state index in [1.165, 1.54) is 0 Å². The van der Waals surface area contributed by atoms with Gasteiger partial charge in [-0.3, -0.25) is 14.8 Å². The van der Waals surface area contributed by atoms with Crippen LogP contribution in [0.1, 0.15) is 17.2 Å². The van der Waals surface area contributed by atoms with E-state index in [0.29, 0.717) is 0 Å². The number of alkyl halides is 3. The lowest BCUT2D eigenvalue weighted by Crippen LogP contribution is -2.10. The lowest BCUT2D eigenvalue weighted by molar-refractivity contribution is -0.385. The molecule has 1 aromatic carbocycles. The number of hydrogen-bond donors (Lipinski definition) is 1. The Bertz CT molecular complexity index is 637. The highest BCUT2D eigenvalue weighted by molar-refractivity contribution is 5.26. The molecule has 1 N–H and O–H groups in total. The van der Waals surface area contributed by atoms with Crippen LogP contribution in [0, 0.1) is 10.1 Å². The van der Waals surface area contributed by atoms with Crippen LogP contribution in [0.2, 0.25) is 0 Å². The highest BCUT2D eigenvalue weighted by atomic mass is 19.4. The van der Waals surface area contributed by atoms with Crippen molar-refractivity contribution in [3.63, 3.8) is 0 Å². The Labute approximate surface area is 116 Å². The molecule has 2 aromatic rings. The van der Waals surface area contributed by atoms with Gasteiger partial charge in [0.1, 0.15) is 12.4 Å². The van der Waals surface area contributed by atoms with E-state index in [2.05, 4.69) is 5.10 Å². The summed E-state index contributed by atoms with van der Waals surface area (Å²) in [7, 11) is 0. The molecule has 1 atom stereocenters. The van der Waals surface area contributed by atoms with Gasteiger partial charge in [0.2, 0.25) is 0 Å². The third-order valence-corrected chi connectivity index (χ3v) is 2.81. The van der Waals surface area contributed by atoms with Crippen LogP contribution in [-0.4, -0.2) is 19.8 Å². The Hall–Kier alpha value is -2.42. The molecule has 0 radical (unpaired) electrons. The largest absolute Gasteiger partial charge is 0.416 e. The molecule has 2 rings (SSSR count). The van der Waals surface area contributed by atoms with Crippen molar-refractivity contribution in [2.45, 2.75) is 18.8 Å². The second-order valence-electron chi connectivity index (χ2n) is 4.31. The van der Waals surface area contributed by atoms with Crippen molar-refractivity contribution >= 4 is 5.69 Å². The summed E-state index contributed by atoms with van der Waals surface area (Å²) in [5.41, 5.74) is -0.774. The highest BCUT2D eigenvalue weighted by Gasteiger charge is 2.30. The molecule has 9 heteroatoms. The second kappa shape index (κ2) is 5.52. The van der Waals surface area contributed by atoms with Crippen molar-refractivity contribution in [2.75, 3.05) is 0 Å². The molecule has 1 heterocycles. The number of benzene rings is 1. The Balaban J connectivity index is 2.09. The molecule has 0 bridgehead atoms. The van der Waals surface area contributed by atoms with Crippen molar-refractivity contribution < 1.29 is 23.2 Å². The molecule has 0 amide bonds. The maximum absolute atomic E-state index is 12.4. The molecule has 0 spiro atoms. The van der Waals surface area contributed by atoms with E-state index in [-0.39, 0.29) is 17.8 Å². The summed E-state index contributed by atoms with van der Waals surface area (Å²) in [6.45, 7) is -0.0980. The minimum absolute atomic E-state index is 0.0980. The molecular weight excluding hydrogens is 291 g/mol. The predicted molar refractivity (Wildman–Crippen MR) is 65.3 cm³/mol. The summed E-state index contributed by atoms with van der Waals surface area (Å²) in [6.07, 6.45) is -3.40. The molecule has 112 valence electrons. The molecule has 0 saturated heterocycles. The van der Waals surface area contributed by atoms with E-state index in [1.807, 2.05) is 0 Å². The number of rotatable bonds is 4. The molecule has 0 saturated carbocycles. The third kappa shape index (κ3) is 3.57. The van der Waals surface area contributed by atoms with Crippen LogP contribution >= 0.6 is 0 Å². The third-order valence-electron chi connectivity index (χ3n) is 2.81. The smallest absolute Gasteiger partial charge is 0.386 e. The van der Waals surface area contributed by atoms with Gasteiger partial charge in [-0.25, -0.2) is 0 Å². The minimum atomic E-state index is -4.44. The zero-order valence-corrected chi connectivity index (χ0v) is 10.5. The van der Waals surface area contributed by atoms with Crippen molar-refractivity contribution in [2.24, 2.45) is 0 Å². The van der Waals surface area contributed by atoms with Crippen molar-refractivity contribution in [1.29, 1.82) is 0 Å². The Kier molecular flexibility index (Phi) is 3.94. The van der Waals surface area contributed by atoms with E-state index in [9.17, 15) is 28.4 Å². The monoisotopic (exact) mass is 301 g/mol. The van der Waals surface area contributed by atoms with Crippen LogP contribution in [0.25, 0.3) is 0 Å². The van der Waals surface area contributed by atoms with Gasteiger partial charge in [-0.15, -0.1) is 0 Å². The Morgan fingerprint density at radius 2 is 1.95 bits per heavy atom. The number of nitro groups is 1. The molecule has 6 nitrogen and oxygen atoms in total. The molecule has 0 aliphatic heterocycles. The van der Waals surface area contributed by atoms with Gasteiger partial charge in [-0.2, -0.15) is 18.3 Å². The summed E-state index contributed by atoms with van der Waals surface area (Å²) in [5.74, 6) is 0. The topological polar surface area (TPSA) is 81.2 Å². The van der Waals surface area contributed by atoms with Crippen LogP contribution < -0.4 is 0 Å². The molecule has 21 heavy (non-hydrogen) atoms. The average Bonchev–Trinajstić information content (AvgIpc) is 2.86. The number of hydrogen-bond acceptors (Lipinski definition) is 4. The molecule has 1 unspecified atom stereocenters. The van der Waals surface area contributed by atoms with Crippen LogP contribution in [-0.2, 0) is 12.7 Å². The Morgan fingerprint density at radius 3 is 2.43 bits per heavy atom. The molecule has 1 aromatic heterocycles. The number of aliphatic hydroxyl groups excluding tert-OH is 1. The average molecular weight is 301 g/mol. The summed E-state index contributed by atoms with van der Waals surface area (Å²) in [5, 5.41) is 24.1. The van der Waals surface area contributed by atoms with Gasteiger partial charge < -0.3 is 5.11 Å². The molecule has 0 aliphatic carbocycles. The maximum Gasteiger partial charge on any atom is 0.416 e. The fourth-order valence-electron chi connectivity index (χ4n) is 1.72. The first-order chi connectivity index (χ1) is 9.77. The summed E-state index contributed by atoms with van der Waals surface area (Å²) in [4.78, 5) is 9.85. The van der Waals surface area contributed by atoms with Crippen molar-refractivity contribution in [3.05, 3.63) is 57.9 Å². The second-order valence-corrected chi connectivity index (χ2v) is 4.31. The van der Waals surface area contributed by atoms with Gasteiger partial charge in [0.15, 0.2) is 0 Å². The zero-order chi connectivity index (χ0) is 15.6. The first-order valence-corrected chi connectivity index (χ1v) is 5.79. The van der Waals surface area contributed by atoms with Gasteiger partial charge in [0.25, 0.3) is 0 Å². The maximum atomic E-state index is 12.4. The van der Waals surface area contributed by atoms with Gasteiger partial charge in [0, 0.05) is 0 Å². The number of aromatic nitrogens is 2. The predicted octanol–water partition coefficient (Wildman–Crippen LogP) is 2.54. The zero-order valence-electron chi connectivity index (χ0n) is 10.5. The molecule has 0 fully saturated rings. The van der Waals surface area contributed by atoms with Crippen LogP contribution in [0.3, 0.4) is 0 Å². The minimum Gasteiger partial charge on any atom is -0.386 e. The molecular formula is C12H10F3N3O3. The SMILES string of the molecule is O=[N+]([O-])c1cnn(CC(O)c2ccc(C(F)(F)F)cc2)c1. The number of aliphatic hydroxyl groups is 1. The van der Waals surface area contributed by atoms with E-state index >= 15 is 0 Å². The van der Waals surface area contributed by atoms with Gasteiger partial charge in [-0.1, -0.05) is 12.1 Å². The lowest BCUT2D eigenvalue weighted by atomic mass is 10.1. The quantitative estimate of drug-likeness (QED) is 0.695. The van der Waals surface area contributed by atoms with E-state index < -0.39 is 22.8 Å². The summed E-state index contributed by atoms with van der Waals surface area (Å²) >= 11 is 0. The fraction of sp³-hybridized carbons (Fsp3) is 0.250. The van der Waals surface area contributed by atoms with E-state index in [1.54, 1.807) is 0 Å². The number of halogens is 3.